The lowest BCUT2D eigenvalue weighted by Crippen LogP contribution is -1.99. The summed E-state index contributed by atoms with van der Waals surface area (Å²) in [5.41, 5.74) is 9.30. The van der Waals surface area contributed by atoms with Crippen molar-refractivity contribution >= 4 is 21.8 Å². The third-order valence-electron chi connectivity index (χ3n) is 6.76. The van der Waals surface area contributed by atoms with Gasteiger partial charge in [0.25, 0.3) is 0 Å². The number of para-hydroxylation sites is 1. The van der Waals surface area contributed by atoms with Crippen molar-refractivity contribution in [3.63, 3.8) is 0 Å². The van der Waals surface area contributed by atoms with Gasteiger partial charge >= 0.3 is 0 Å². The second-order valence-corrected chi connectivity index (χ2v) is 9.15. The molecule has 0 amide bonds. The highest BCUT2D eigenvalue weighted by atomic mass is 15.0. The zero-order chi connectivity index (χ0) is 25.5. The van der Waals surface area contributed by atoms with E-state index in [0.717, 1.165) is 38.6 Å². The molecule has 2 aromatic heterocycles. The number of rotatable bonds is 3. The second-order valence-electron chi connectivity index (χ2n) is 9.15. The van der Waals surface area contributed by atoms with E-state index in [1.54, 1.807) is 0 Å². The molecule has 0 saturated carbocycles. The number of hydrogen-bond acceptors (Lipinski definition) is 4. The zero-order valence-corrected chi connectivity index (χ0v) is 20.4. The Labute approximate surface area is 214 Å². The predicted molar refractivity (Wildman–Crippen MR) is 146 cm³/mol. The zero-order valence-electron chi connectivity index (χ0n) is 20.4. The Kier molecular flexibility index (Phi) is 5.26. The van der Waals surface area contributed by atoms with Gasteiger partial charge in [-0.15, -0.1) is 0 Å². The number of hydrogen-bond donors (Lipinski definition) is 0. The summed E-state index contributed by atoms with van der Waals surface area (Å²) in [6.45, 7) is 4.24. The Hall–Kier alpha value is -5.26. The summed E-state index contributed by atoms with van der Waals surface area (Å²) in [4.78, 5) is 8.59. The first kappa shape index (κ1) is 22.2. The van der Waals surface area contributed by atoms with Gasteiger partial charge in [-0.05, 0) is 60.9 Å². The Morgan fingerprint density at radius 1 is 0.703 bits per heavy atom. The topological polar surface area (TPSA) is 78.3 Å². The molecule has 0 saturated heterocycles. The molecule has 174 valence electrons. The molecule has 6 rings (SSSR count). The molecule has 0 bridgehead atoms. The van der Waals surface area contributed by atoms with E-state index in [0.29, 0.717) is 17.0 Å². The van der Waals surface area contributed by atoms with Gasteiger partial charge in [-0.2, -0.15) is 10.5 Å². The molecule has 0 unspecified atom stereocenters. The van der Waals surface area contributed by atoms with Crippen molar-refractivity contribution in [2.45, 2.75) is 13.8 Å². The molecule has 0 atom stereocenters. The molecule has 0 aliphatic heterocycles. The number of aryl methyl sites for hydroxylation is 2. The van der Waals surface area contributed by atoms with Gasteiger partial charge in [0.1, 0.15) is 12.1 Å². The SMILES string of the molecule is Cc1ccc(-c2ccc3c4ccccc4n(-c4ccc(-c5ncc(C#N)cn5)cc4C#N)c3c2)c(C)c1. The summed E-state index contributed by atoms with van der Waals surface area (Å²) >= 11 is 0. The molecule has 2 heterocycles. The largest absolute Gasteiger partial charge is 0.308 e. The quantitative estimate of drug-likeness (QED) is 0.270. The number of benzene rings is 4. The molecule has 37 heavy (non-hydrogen) atoms. The summed E-state index contributed by atoms with van der Waals surface area (Å²) in [6, 6.07) is 31.4. The summed E-state index contributed by atoms with van der Waals surface area (Å²) in [5.74, 6) is 0.474. The van der Waals surface area contributed by atoms with Gasteiger partial charge in [-0.25, -0.2) is 9.97 Å². The number of nitrogens with zero attached hydrogens (tertiary/aromatic N) is 5. The molecular weight excluding hydrogens is 454 g/mol. The van der Waals surface area contributed by atoms with E-state index in [1.165, 1.54) is 29.1 Å². The van der Waals surface area contributed by atoms with Crippen LogP contribution in [0.4, 0.5) is 0 Å². The van der Waals surface area contributed by atoms with Crippen molar-refractivity contribution in [1.29, 1.82) is 10.5 Å². The maximum Gasteiger partial charge on any atom is 0.159 e. The molecule has 6 aromatic rings. The fourth-order valence-electron chi connectivity index (χ4n) is 5.03. The van der Waals surface area contributed by atoms with Crippen molar-refractivity contribution in [3.8, 4) is 40.3 Å². The van der Waals surface area contributed by atoms with Crippen molar-refractivity contribution < 1.29 is 0 Å². The van der Waals surface area contributed by atoms with E-state index in [4.69, 9.17) is 5.26 Å². The van der Waals surface area contributed by atoms with E-state index in [1.807, 2.05) is 36.4 Å². The van der Waals surface area contributed by atoms with Crippen LogP contribution in [0.1, 0.15) is 22.3 Å². The van der Waals surface area contributed by atoms with Crippen LogP contribution in [0.3, 0.4) is 0 Å². The normalized spacial score (nSPS) is 10.9. The highest BCUT2D eigenvalue weighted by molar-refractivity contribution is 6.10. The minimum absolute atomic E-state index is 0.394. The van der Waals surface area contributed by atoms with Crippen LogP contribution in [0.25, 0.3) is 50.0 Å². The van der Waals surface area contributed by atoms with Crippen LogP contribution in [-0.4, -0.2) is 14.5 Å². The predicted octanol–water partition coefficient (Wildman–Crippen LogP) is 7.27. The average molecular weight is 476 g/mol. The van der Waals surface area contributed by atoms with Gasteiger partial charge < -0.3 is 4.57 Å². The number of fused-ring (bicyclic) bond motifs is 3. The van der Waals surface area contributed by atoms with Crippen LogP contribution < -0.4 is 0 Å². The minimum atomic E-state index is 0.394. The molecule has 0 aliphatic rings. The number of nitriles is 2. The molecular formula is C32H21N5. The van der Waals surface area contributed by atoms with E-state index >= 15 is 0 Å². The van der Waals surface area contributed by atoms with Gasteiger partial charge in [0.2, 0.25) is 0 Å². The van der Waals surface area contributed by atoms with Crippen LogP contribution in [-0.2, 0) is 0 Å². The van der Waals surface area contributed by atoms with Gasteiger partial charge in [0.05, 0.1) is 27.8 Å². The lowest BCUT2D eigenvalue weighted by molar-refractivity contribution is 1.14. The van der Waals surface area contributed by atoms with E-state index in [9.17, 15) is 5.26 Å². The fraction of sp³-hybridized carbons (Fsp3) is 0.0625. The van der Waals surface area contributed by atoms with Crippen LogP contribution in [0.2, 0.25) is 0 Å². The third-order valence-corrected chi connectivity index (χ3v) is 6.76. The van der Waals surface area contributed by atoms with E-state index in [2.05, 4.69) is 83.0 Å². The highest BCUT2D eigenvalue weighted by Gasteiger charge is 2.17. The van der Waals surface area contributed by atoms with Crippen LogP contribution >= 0.6 is 0 Å². The monoisotopic (exact) mass is 475 g/mol. The first-order chi connectivity index (χ1) is 18.1. The molecule has 5 heteroatoms. The van der Waals surface area contributed by atoms with Gasteiger partial charge in [-0.3, -0.25) is 0 Å². The van der Waals surface area contributed by atoms with Gasteiger partial charge in [-0.1, -0.05) is 54.1 Å². The van der Waals surface area contributed by atoms with Crippen LogP contribution in [0, 0.1) is 36.5 Å². The lowest BCUT2D eigenvalue weighted by atomic mass is 9.97. The Balaban J connectivity index is 1.59. The standard InChI is InChI=1S/C32H21N5/c1-20-7-10-26(21(2)13-20)23-8-11-28-27-5-3-4-6-30(27)37(31(28)15-23)29-12-9-24(14-25(29)17-34)32-35-18-22(16-33)19-36-32/h3-15,18-19H,1-2H3. The summed E-state index contributed by atoms with van der Waals surface area (Å²) in [7, 11) is 0. The summed E-state index contributed by atoms with van der Waals surface area (Å²) in [6.07, 6.45) is 2.98. The molecule has 0 aliphatic carbocycles. The molecule has 0 fully saturated rings. The number of aromatic nitrogens is 3. The first-order valence-electron chi connectivity index (χ1n) is 12.0. The van der Waals surface area contributed by atoms with Crippen LogP contribution in [0.5, 0.6) is 0 Å². The van der Waals surface area contributed by atoms with Crippen molar-refractivity contribution in [2.75, 3.05) is 0 Å². The van der Waals surface area contributed by atoms with E-state index < -0.39 is 0 Å². The second kappa shape index (κ2) is 8.75. The lowest BCUT2D eigenvalue weighted by Gasteiger charge is -2.13. The average Bonchev–Trinajstić information content (AvgIpc) is 3.26. The molecule has 5 nitrogen and oxygen atoms in total. The van der Waals surface area contributed by atoms with Gasteiger partial charge in [0.15, 0.2) is 5.82 Å². The first-order valence-corrected chi connectivity index (χ1v) is 12.0. The summed E-state index contributed by atoms with van der Waals surface area (Å²) in [5, 5.41) is 21.5. The van der Waals surface area contributed by atoms with Gasteiger partial charge in [0, 0.05) is 28.7 Å². The van der Waals surface area contributed by atoms with Crippen molar-refractivity contribution in [3.05, 3.63) is 114 Å². The molecule has 4 aromatic carbocycles. The van der Waals surface area contributed by atoms with E-state index in [-0.39, 0.29) is 0 Å². The van der Waals surface area contributed by atoms with Crippen molar-refractivity contribution in [2.24, 2.45) is 0 Å². The molecule has 0 N–H and O–H groups in total. The third kappa shape index (κ3) is 3.71. The highest BCUT2D eigenvalue weighted by Crippen LogP contribution is 2.36. The molecule has 0 spiro atoms. The smallest absolute Gasteiger partial charge is 0.159 e. The Morgan fingerprint density at radius 2 is 1.46 bits per heavy atom. The Bertz CT molecular complexity index is 1910. The van der Waals surface area contributed by atoms with Crippen LogP contribution in [0.15, 0.2) is 91.3 Å². The molecule has 0 radical (unpaired) electrons. The Morgan fingerprint density at radius 3 is 2.22 bits per heavy atom. The maximum atomic E-state index is 10.2. The summed E-state index contributed by atoms with van der Waals surface area (Å²) < 4.78 is 2.17. The van der Waals surface area contributed by atoms with Crippen molar-refractivity contribution in [1.82, 2.24) is 14.5 Å². The minimum Gasteiger partial charge on any atom is -0.308 e. The fourth-order valence-corrected chi connectivity index (χ4v) is 5.03. The maximum absolute atomic E-state index is 10.2.